The second kappa shape index (κ2) is 5.85. The lowest BCUT2D eigenvalue weighted by atomic mass is 9.69. The first-order valence-electron chi connectivity index (χ1n) is 7.16. The standard InChI is InChI=1S/C14H25NO2/c1-2-17-13(16)12-10-15-11-14(12)8-6-4-3-5-7-9-14/h12,15H,2-11H2,1H3. The molecular formula is C14H25NO2. The van der Waals surface area contributed by atoms with Crippen LogP contribution in [0.2, 0.25) is 0 Å². The lowest BCUT2D eigenvalue weighted by Gasteiger charge is -2.35. The van der Waals surface area contributed by atoms with Crippen molar-refractivity contribution in [3.63, 3.8) is 0 Å². The smallest absolute Gasteiger partial charge is 0.310 e. The van der Waals surface area contributed by atoms with Crippen LogP contribution in [0.25, 0.3) is 0 Å². The molecule has 0 aromatic heterocycles. The van der Waals surface area contributed by atoms with Crippen molar-refractivity contribution in [1.29, 1.82) is 0 Å². The van der Waals surface area contributed by atoms with E-state index >= 15 is 0 Å². The summed E-state index contributed by atoms with van der Waals surface area (Å²) in [6.45, 7) is 4.23. The molecule has 1 unspecified atom stereocenters. The molecule has 2 aliphatic rings. The molecule has 1 saturated carbocycles. The molecular weight excluding hydrogens is 214 g/mol. The van der Waals surface area contributed by atoms with Gasteiger partial charge in [-0.05, 0) is 25.2 Å². The van der Waals surface area contributed by atoms with Crippen LogP contribution >= 0.6 is 0 Å². The van der Waals surface area contributed by atoms with E-state index in [1.807, 2.05) is 6.92 Å². The summed E-state index contributed by atoms with van der Waals surface area (Å²) in [6.07, 6.45) is 8.98. The van der Waals surface area contributed by atoms with Crippen molar-refractivity contribution in [2.24, 2.45) is 11.3 Å². The minimum Gasteiger partial charge on any atom is -0.466 e. The van der Waals surface area contributed by atoms with Crippen molar-refractivity contribution >= 4 is 5.97 Å². The summed E-state index contributed by atoms with van der Waals surface area (Å²) in [5.74, 6) is 0.124. The summed E-state index contributed by atoms with van der Waals surface area (Å²) in [4.78, 5) is 12.1. The van der Waals surface area contributed by atoms with Crippen molar-refractivity contribution in [3.05, 3.63) is 0 Å². The Morgan fingerprint density at radius 2 is 1.88 bits per heavy atom. The Bertz CT molecular complexity index is 257. The molecule has 1 aliphatic heterocycles. The molecule has 0 aromatic rings. The van der Waals surface area contributed by atoms with E-state index in [0.29, 0.717) is 6.61 Å². The summed E-state index contributed by atoms with van der Waals surface area (Å²) in [5, 5.41) is 3.42. The number of hydrogen-bond acceptors (Lipinski definition) is 3. The first kappa shape index (κ1) is 12.9. The topological polar surface area (TPSA) is 38.3 Å². The van der Waals surface area contributed by atoms with Crippen molar-refractivity contribution in [1.82, 2.24) is 5.32 Å². The zero-order valence-corrected chi connectivity index (χ0v) is 11.0. The van der Waals surface area contributed by atoms with Crippen molar-refractivity contribution in [3.8, 4) is 0 Å². The lowest BCUT2D eigenvalue weighted by Crippen LogP contribution is -2.36. The van der Waals surface area contributed by atoms with Gasteiger partial charge in [0.25, 0.3) is 0 Å². The van der Waals surface area contributed by atoms with E-state index in [1.165, 1.54) is 44.9 Å². The van der Waals surface area contributed by atoms with Crippen LogP contribution in [0.15, 0.2) is 0 Å². The summed E-state index contributed by atoms with van der Waals surface area (Å²) in [6, 6.07) is 0. The van der Waals surface area contributed by atoms with Crippen LogP contribution in [0.3, 0.4) is 0 Å². The molecule has 1 N–H and O–H groups in total. The quantitative estimate of drug-likeness (QED) is 0.752. The summed E-state index contributed by atoms with van der Waals surface area (Å²) >= 11 is 0. The third kappa shape index (κ3) is 2.82. The average Bonchev–Trinajstić information content (AvgIpc) is 2.69. The molecule has 98 valence electrons. The molecule has 0 amide bonds. The minimum atomic E-state index is 0.0260. The van der Waals surface area contributed by atoms with Gasteiger partial charge in [0.15, 0.2) is 0 Å². The van der Waals surface area contributed by atoms with Gasteiger partial charge in [-0.1, -0.05) is 32.1 Å². The zero-order valence-electron chi connectivity index (χ0n) is 11.0. The van der Waals surface area contributed by atoms with Crippen molar-refractivity contribution in [2.75, 3.05) is 19.7 Å². The number of rotatable bonds is 2. The van der Waals surface area contributed by atoms with Crippen LogP contribution in [0, 0.1) is 11.3 Å². The van der Waals surface area contributed by atoms with E-state index in [-0.39, 0.29) is 17.3 Å². The van der Waals surface area contributed by atoms with Crippen LogP contribution in [0.5, 0.6) is 0 Å². The minimum absolute atomic E-state index is 0.0260. The number of carbonyl (C=O) groups is 1. The van der Waals surface area contributed by atoms with Gasteiger partial charge in [-0.3, -0.25) is 4.79 Å². The molecule has 2 fully saturated rings. The van der Waals surface area contributed by atoms with Crippen LogP contribution < -0.4 is 5.32 Å². The first-order valence-corrected chi connectivity index (χ1v) is 7.16. The third-order valence-corrected chi connectivity index (χ3v) is 4.49. The van der Waals surface area contributed by atoms with Gasteiger partial charge in [0.05, 0.1) is 12.5 Å². The molecule has 1 heterocycles. The molecule has 1 saturated heterocycles. The van der Waals surface area contributed by atoms with Crippen molar-refractivity contribution < 1.29 is 9.53 Å². The summed E-state index contributed by atoms with van der Waals surface area (Å²) in [5.41, 5.74) is 0.201. The highest BCUT2D eigenvalue weighted by Crippen LogP contribution is 2.43. The van der Waals surface area contributed by atoms with Crippen LogP contribution in [-0.2, 0) is 9.53 Å². The SMILES string of the molecule is CCOC(=O)C1CNCC12CCCCCCC2. The normalized spacial score (nSPS) is 28.6. The van der Waals surface area contributed by atoms with Gasteiger partial charge >= 0.3 is 5.97 Å². The number of nitrogens with one attached hydrogen (secondary N) is 1. The first-order chi connectivity index (χ1) is 8.28. The molecule has 2 rings (SSSR count). The molecule has 1 spiro atoms. The van der Waals surface area contributed by atoms with Crippen LogP contribution in [-0.4, -0.2) is 25.7 Å². The van der Waals surface area contributed by atoms with E-state index in [9.17, 15) is 4.79 Å². The Kier molecular flexibility index (Phi) is 4.43. The van der Waals surface area contributed by atoms with Crippen LogP contribution in [0.4, 0.5) is 0 Å². The molecule has 0 radical (unpaired) electrons. The Labute approximate surface area is 104 Å². The highest BCUT2D eigenvalue weighted by atomic mass is 16.5. The molecule has 3 heteroatoms. The monoisotopic (exact) mass is 239 g/mol. The van der Waals surface area contributed by atoms with E-state index in [0.717, 1.165) is 13.1 Å². The average molecular weight is 239 g/mol. The van der Waals surface area contributed by atoms with Gasteiger partial charge in [-0.15, -0.1) is 0 Å². The van der Waals surface area contributed by atoms with Gasteiger partial charge < -0.3 is 10.1 Å². The maximum atomic E-state index is 12.1. The number of ether oxygens (including phenoxy) is 1. The van der Waals surface area contributed by atoms with E-state index < -0.39 is 0 Å². The fraction of sp³-hybridized carbons (Fsp3) is 0.929. The summed E-state index contributed by atoms with van der Waals surface area (Å²) in [7, 11) is 0. The predicted octanol–water partition coefficient (Wildman–Crippen LogP) is 2.50. The van der Waals surface area contributed by atoms with E-state index in [2.05, 4.69) is 5.32 Å². The number of carbonyl (C=O) groups excluding carboxylic acids is 1. The van der Waals surface area contributed by atoms with E-state index in [1.54, 1.807) is 0 Å². The lowest BCUT2D eigenvalue weighted by molar-refractivity contribution is -0.151. The summed E-state index contributed by atoms with van der Waals surface area (Å²) < 4.78 is 5.25. The maximum Gasteiger partial charge on any atom is 0.310 e. The molecule has 17 heavy (non-hydrogen) atoms. The fourth-order valence-electron chi connectivity index (χ4n) is 3.52. The largest absolute Gasteiger partial charge is 0.466 e. The Hall–Kier alpha value is -0.570. The third-order valence-electron chi connectivity index (χ3n) is 4.49. The highest BCUT2D eigenvalue weighted by Gasteiger charge is 2.46. The fourth-order valence-corrected chi connectivity index (χ4v) is 3.52. The van der Waals surface area contributed by atoms with Gasteiger partial charge in [-0.2, -0.15) is 0 Å². The van der Waals surface area contributed by atoms with Crippen LogP contribution in [0.1, 0.15) is 51.9 Å². The second-order valence-corrected chi connectivity index (χ2v) is 5.57. The Morgan fingerprint density at radius 3 is 2.53 bits per heavy atom. The van der Waals surface area contributed by atoms with Gasteiger partial charge in [0, 0.05) is 13.1 Å². The van der Waals surface area contributed by atoms with Gasteiger partial charge in [0.2, 0.25) is 0 Å². The van der Waals surface area contributed by atoms with Gasteiger partial charge in [-0.25, -0.2) is 0 Å². The highest BCUT2D eigenvalue weighted by molar-refractivity contribution is 5.74. The van der Waals surface area contributed by atoms with E-state index in [4.69, 9.17) is 4.74 Å². The Balaban J connectivity index is 2.06. The molecule has 1 aliphatic carbocycles. The maximum absolute atomic E-state index is 12.1. The molecule has 0 aromatic carbocycles. The molecule has 3 nitrogen and oxygen atoms in total. The molecule has 0 bridgehead atoms. The zero-order chi connectivity index (χ0) is 12.1. The number of esters is 1. The Morgan fingerprint density at radius 1 is 1.24 bits per heavy atom. The van der Waals surface area contributed by atoms with Crippen molar-refractivity contribution in [2.45, 2.75) is 51.9 Å². The molecule has 1 atom stereocenters. The predicted molar refractivity (Wildman–Crippen MR) is 67.7 cm³/mol. The second-order valence-electron chi connectivity index (χ2n) is 5.57. The number of hydrogen-bond donors (Lipinski definition) is 1. The van der Waals surface area contributed by atoms with Gasteiger partial charge in [0.1, 0.15) is 0 Å².